The van der Waals surface area contributed by atoms with Crippen LogP contribution in [0.1, 0.15) is 25.3 Å². The fourth-order valence-corrected chi connectivity index (χ4v) is 4.04. The van der Waals surface area contributed by atoms with Gasteiger partial charge in [-0.1, -0.05) is 79.3 Å². The molecule has 31 heavy (non-hydrogen) atoms. The maximum absolute atomic E-state index is 13.2. The van der Waals surface area contributed by atoms with Crippen molar-refractivity contribution in [2.75, 3.05) is 6.54 Å². The van der Waals surface area contributed by atoms with Crippen LogP contribution in [0.2, 0.25) is 0 Å². The van der Waals surface area contributed by atoms with Gasteiger partial charge < -0.3 is 9.88 Å². The third-order valence-electron chi connectivity index (χ3n) is 4.83. The smallest absolute Gasteiger partial charge is 0.355 e. The molecule has 3 rings (SSSR count). The molecule has 1 amide bonds. The predicted octanol–water partition coefficient (Wildman–Crippen LogP) is 5.51. The second-order valence-corrected chi connectivity index (χ2v) is 8.62. The van der Waals surface area contributed by atoms with Gasteiger partial charge in [0, 0.05) is 6.54 Å². The standard InChI is InChI=1S/C23H24F3N3OS/c1-16(18-9-5-3-6-10-18)13-27-21(30)17(2)31-22-28-14-20(19-11-7-4-8-12-19)29(22)15-23(24,25)26/h3-12,14,16-17H,13,15H2,1-2H3,(H,27,30). The molecule has 0 saturated heterocycles. The molecule has 2 unspecified atom stereocenters. The average molecular weight is 448 g/mol. The topological polar surface area (TPSA) is 46.9 Å². The number of carbonyl (C=O) groups is 1. The number of halogens is 3. The Kier molecular flexibility index (Phi) is 7.43. The number of rotatable bonds is 8. The lowest BCUT2D eigenvalue weighted by molar-refractivity contribution is -0.141. The van der Waals surface area contributed by atoms with Crippen molar-refractivity contribution < 1.29 is 18.0 Å². The van der Waals surface area contributed by atoms with E-state index in [1.165, 1.54) is 6.20 Å². The van der Waals surface area contributed by atoms with Crippen LogP contribution in [0.15, 0.2) is 72.0 Å². The molecule has 0 aliphatic heterocycles. The molecule has 1 aromatic heterocycles. The Morgan fingerprint density at radius 1 is 1.06 bits per heavy atom. The van der Waals surface area contributed by atoms with E-state index < -0.39 is 18.0 Å². The Hall–Kier alpha value is -2.74. The molecule has 2 aromatic carbocycles. The summed E-state index contributed by atoms with van der Waals surface area (Å²) < 4.78 is 40.8. The van der Waals surface area contributed by atoms with E-state index in [-0.39, 0.29) is 17.0 Å². The van der Waals surface area contributed by atoms with Crippen LogP contribution in [0.5, 0.6) is 0 Å². The summed E-state index contributed by atoms with van der Waals surface area (Å²) in [5, 5.41) is 2.45. The molecule has 4 nitrogen and oxygen atoms in total. The SMILES string of the molecule is CC(Sc1ncc(-c2ccccc2)n1CC(F)(F)F)C(=O)NCC(C)c1ccccc1. The summed E-state index contributed by atoms with van der Waals surface area (Å²) in [6, 6.07) is 18.6. The van der Waals surface area contributed by atoms with Crippen LogP contribution in [-0.4, -0.2) is 33.4 Å². The van der Waals surface area contributed by atoms with Crippen molar-refractivity contribution in [3.05, 3.63) is 72.4 Å². The predicted molar refractivity (Wildman–Crippen MR) is 117 cm³/mol. The highest BCUT2D eigenvalue weighted by Crippen LogP contribution is 2.31. The number of thioether (sulfide) groups is 1. The maximum atomic E-state index is 13.2. The fourth-order valence-electron chi connectivity index (χ4n) is 3.13. The van der Waals surface area contributed by atoms with Gasteiger partial charge in [0.1, 0.15) is 6.54 Å². The van der Waals surface area contributed by atoms with Crippen molar-refractivity contribution in [3.63, 3.8) is 0 Å². The van der Waals surface area contributed by atoms with Crippen LogP contribution >= 0.6 is 11.8 Å². The molecule has 0 fully saturated rings. The molecule has 0 bridgehead atoms. The van der Waals surface area contributed by atoms with Crippen LogP contribution in [-0.2, 0) is 11.3 Å². The average Bonchev–Trinajstić information content (AvgIpc) is 3.13. The van der Waals surface area contributed by atoms with Gasteiger partial charge in [0.25, 0.3) is 0 Å². The van der Waals surface area contributed by atoms with Crippen LogP contribution < -0.4 is 5.32 Å². The van der Waals surface area contributed by atoms with Gasteiger partial charge in [-0.2, -0.15) is 13.2 Å². The number of aromatic nitrogens is 2. The van der Waals surface area contributed by atoms with Gasteiger partial charge in [0.15, 0.2) is 5.16 Å². The van der Waals surface area contributed by atoms with Crippen LogP contribution in [0, 0.1) is 0 Å². The highest BCUT2D eigenvalue weighted by molar-refractivity contribution is 8.00. The Morgan fingerprint density at radius 3 is 2.29 bits per heavy atom. The quantitative estimate of drug-likeness (QED) is 0.463. The number of nitrogens with zero attached hydrogens (tertiary/aromatic N) is 2. The van der Waals surface area contributed by atoms with E-state index in [0.29, 0.717) is 17.8 Å². The number of hydrogen-bond acceptors (Lipinski definition) is 3. The molecule has 164 valence electrons. The van der Waals surface area contributed by atoms with E-state index in [9.17, 15) is 18.0 Å². The Bertz CT molecular complexity index is 990. The highest BCUT2D eigenvalue weighted by Gasteiger charge is 2.31. The molecule has 0 saturated carbocycles. The zero-order chi connectivity index (χ0) is 22.4. The van der Waals surface area contributed by atoms with E-state index in [1.807, 2.05) is 37.3 Å². The van der Waals surface area contributed by atoms with Gasteiger partial charge in [-0.25, -0.2) is 4.98 Å². The second-order valence-electron chi connectivity index (χ2n) is 7.31. The highest BCUT2D eigenvalue weighted by atomic mass is 32.2. The van der Waals surface area contributed by atoms with Crippen molar-refractivity contribution >= 4 is 17.7 Å². The lowest BCUT2D eigenvalue weighted by Gasteiger charge is -2.18. The van der Waals surface area contributed by atoms with Crippen LogP contribution in [0.25, 0.3) is 11.3 Å². The van der Waals surface area contributed by atoms with Crippen molar-refractivity contribution in [3.8, 4) is 11.3 Å². The largest absolute Gasteiger partial charge is 0.406 e. The van der Waals surface area contributed by atoms with Gasteiger partial charge >= 0.3 is 6.18 Å². The number of benzene rings is 2. The minimum atomic E-state index is -4.41. The first-order chi connectivity index (χ1) is 14.7. The molecule has 1 N–H and O–H groups in total. The Morgan fingerprint density at radius 2 is 1.68 bits per heavy atom. The van der Waals surface area contributed by atoms with Crippen molar-refractivity contribution in [1.29, 1.82) is 0 Å². The van der Waals surface area contributed by atoms with Gasteiger partial charge in [0.05, 0.1) is 17.1 Å². The normalized spacial score (nSPS) is 13.6. The third-order valence-corrected chi connectivity index (χ3v) is 5.93. The molecule has 0 radical (unpaired) electrons. The minimum absolute atomic E-state index is 0.124. The van der Waals surface area contributed by atoms with E-state index in [0.717, 1.165) is 21.9 Å². The van der Waals surface area contributed by atoms with Gasteiger partial charge in [-0.15, -0.1) is 0 Å². The molecular weight excluding hydrogens is 423 g/mol. The van der Waals surface area contributed by atoms with Crippen LogP contribution in [0.3, 0.4) is 0 Å². The van der Waals surface area contributed by atoms with Crippen LogP contribution in [0.4, 0.5) is 13.2 Å². The molecule has 0 spiro atoms. The minimum Gasteiger partial charge on any atom is -0.355 e. The zero-order valence-corrected chi connectivity index (χ0v) is 18.1. The number of alkyl halides is 3. The first kappa shape index (κ1) is 22.9. The molecule has 1 heterocycles. The van der Waals surface area contributed by atoms with E-state index in [1.54, 1.807) is 37.3 Å². The maximum Gasteiger partial charge on any atom is 0.406 e. The van der Waals surface area contributed by atoms with Crippen molar-refractivity contribution in [2.45, 2.75) is 42.9 Å². The number of carbonyl (C=O) groups excluding carboxylic acids is 1. The fraction of sp³-hybridized carbons (Fsp3) is 0.304. The summed E-state index contributed by atoms with van der Waals surface area (Å²) in [4.78, 5) is 16.8. The van der Waals surface area contributed by atoms with Gasteiger partial charge in [-0.3, -0.25) is 4.79 Å². The zero-order valence-electron chi connectivity index (χ0n) is 17.3. The molecule has 8 heteroatoms. The number of nitrogens with one attached hydrogen (secondary N) is 1. The molecule has 2 atom stereocenters. The molecular formula is C23H24F3N3OS. The molecule has 0 aliphatic carbocycles. The van der Waals surface area contributed by atoms with E-state index >= 15 is 0 Å². The third kappa shape index (κ3) is 6.37. The lowest BCUT2D eigenvalue weighted by atomic mass is 10.0. The second kappa shape index (κ2) is 10.0. The first-order valence-electron chi connectivity index (χ1n) is 9.91. The lowest BCUT2D eigenvalue weighted by Crippen LogP contribution is -2.33. The monoisotopic (exact) mass is 447 g/mol. The summed E-state index contributed by atoms with van der Waals surface area (Å²) in [6.07, 6.45) is -2.98. The summed E-state index contributed by atoms with van der Waals surface area (Å²) >= 11 is 1.02. The number of amides is 1. The summed E-state index contributed by atoms with van der Waals surface area (Å²) in [5.41, 5.74) is 2.11. The summed E-state index contributed by atoms with van der Waals surface area (Å²) in [5.74, 6) is -0.116. The van der Waals surface area contributed by atoms with Crippen molar-refractivity contribution in [2.24, 2.45) is 0 Å². The molecule has 3 aromatic rings. The first-order valence-corrected chi connectivity index (χ1v) is 10.8. The summed E-state index contributed by atoms with van der Waals surface area (Å²) in [6.45, 7) is 2.95. The Balaban J connectivity index is 1.70. The van der Waals surface area contributed by atoms with E-state index in [4.69, 9.17) is 0 Å². The van der Waals surface area contributed by atoms with Gasteiger partial charge in [0.2, 0.25) is 5.91 Å². The summed E-state index contributed by atoms with van der Waals surface area (Å²) in [7, 11) is 0. The Labute approximate surface area is 183 Å². The number of imidazole rings is 1. The molecule has 0 aliphatic rings. The number of hydrogen-bond donors (Lipinski definition) is 1. The van der Waals surface area contributed by atoms with E-state index in [2.05, 4.69) is 10.3 Å². The van der Waals surface area contributed by atoms with Gasteiger partial charge in [-0.05, 0) is 24.0 Å². The van der Waals surface area contributed by atoms with Crippen molar-refractivity contribution in [1.82, 2.24) is 14.9 Å².